The molecule has 0 amide bonds. The van der Waals surface area contributed by atoms with Crippen molar-refractivity contribution in [3.05, 3.63) is 0 Å². The summed E-state index contributed by atoms with van der Waals surface area (Å²) in [5.41, 5.74) is 0. The lowest BCUT2D eigenvalue weighted by molar-refractivity contribution is -0.143. The van der Waals surface area contributed by atoms with Crippen LogP contribution < -0.4 is 5.32 Å². The zero-order chi connectivity index (χ0) is 7.56. The molecule has 1 heterocycles. The van der Waals surface area contributed by atoms with Crippen molar-refractivity contribution in [2.75, 3.05) is 13.2 Å². The summed E-state index contributed by atoms with van der Waals surface area (Å²) in [6, 6.07) is -0.517. The molecule has 0 aromatic carbocycles. The first kappa shape index (κ1) is 7.50. The Bertz CT molecular complexity index is 129. The van der Waals surface area contributed by atoms with E-state index >= 15 is 0 Å². The molecule has 10 heavy (non-hydrogen) atoms. The molecule has 4 nitrogen and oxygen atoms in total. The number of ether oxygens (including phenoxy) is 1. The summed E-state index contributed by atoms with van der Waals surface area (Å²) in [5, 5.41) is 11.3. The molecule has 0 aliphatic carbocycles. The molecular formula is C6H11NO3. The van der Waals surface area contributed by atoms with E-state index in [1.807, 2.05) is 6.92 Å². The van der Waals surface area contributed by atoms with Crippen LogP contribution in [0.15, 0.2) is 0 Å². The molecule has 2 atom stereocenters. The van der Waals surface area contributed by atoms with Crippen molar-refractivity contribution < 1.29 is 14.6 Å². The van der Waals surface area contributed by atoms with Gasteiger partial charge in [0.15, 0.2) is 0 Å². The molecule has 4 heteroatoms. The average molecular weight is 145 g/mol. The lowest BCUT2D eigenvalue weighted by Gasteiger charge is -2.25. The Hall–Kier alpha value is -0.610. The van der Waals surface area contributed by atoms with E-state index in [2.05, 4.69) is 5.32 Å². The minimum atomic E-state index is -0.841. The van der Waals surface area contributed by atoms with Gasteiger partial charge in [0.25, 0.3) is 0 Å². The van der Waals surface area contributed by atoms with Gasteiger partial charge >= 0.3 is 5.97 Å². The van der Waals surface area contributed by atoms with Gasteiger partial charge in [-0.15, -0.1) is 0 Å². The Balaban J connectivity index is 2.33. The van der Waals surface area contributed by atoms with Crippen LogP contribution in [0.5, 0.6) is 0 Å². The highest BCUT2D eigenvalue weighted by molar-refractivity contribution is 5.73. The van der Waals surface area contributed by atoms with E-state index in [-0.39, 0.29) is 12.7 Å². The normalized spacial score (nSPS) is 33.7. The van der Waals surface area contributed by atoms with Crippen molar-refractivity contribution in [1.29, 1.82) is 0 Å². The third-order valence-corrected chi connectivity index (χ3v) is 1.50. The first-order valence-electron chi connectivity index (χ1n) is 3.28. The molecule has 0 saturated carbocycles. The first-order valence-corrected chi connectivity index (χ1v) is 3.28. The van der Waals surface area contributed by atoms with Gasteiger partial charge in [-0.1, -0.05) is 0 Å². The summed E-state index contributed by atoms with van der Waals surface area (Å²) < 4.78 is 5.11. The topological polar surface area (TPSA) is 58.6 Å². The van der Waals surface area contributed by atoms with Crippen LogP contribution in [0.3, 0.4) is 0 Å². The Morgan fingerprint density at radius 1 is 1.80 bits per heavy atom. The number of rotatable bonds is 1. The van der Waals surface area contributed by atoms with Crippen LogP contribution in [0.4, 0.5) is 0 Å². The number of morpholine rings is 1. The van der Waals surface area contributed by atoms with Crippen LogP contribution in [-0.4, -0.2) is 36.4 Å². The predicted molar refractivity (Wildman–Crippen MR) is 34.8 cm³/mol. The summed E-state index contributed by atoms with van der Waals surface area (Å²) in [6.45, 7) is 2.80. The first-order chi connectivity index (χ1) is 4.70. The third kappa shape index (κ3) is 1.68. The second-order valence-electron chi connectivity index (χ2n) is 2.44. The second-order valence-corrected chi connectivity index (χ2v) is 2.44. The summed E-state index contributed by atoms with van der Waals surface area (Å²) in [5.74, 6) is -0.841. The molecule has 0 aromatic rings. The largest absolute Gasteiger partial charge is 0.480 e. The number of carboxylic acids is 1. The Morgan fingerprint density at radius 2 is 2.50 bits per heavy atom. The van der Waals surface area contributed by atoms with Gasteiger partial charge in [-0.3, -0.25) is 10.1 Å². The van der Waals surface area contributed by atoms with E-state index in [9.17, 15) is 4.79 Å². The van der Waals surface area contributed by atoms with Crippen molar-refractivity contribution in [3.8, 4) is 0 Å². The summed E-state index contributed by atoms with van der Waals surface area (Å²) >= 11 is 0. The molecule has 1 fully saturated rings. The fourth-order valence-electron chi connectivity index (χ4n) is 0.845. The molecule has 0 bridgehead atoms. The van der Waals surface area contributed by atoms with Gasteiger partial charge in [0.05, 0.1) is 12.7 Å². The maximum Gasteiger partial charge on any atom is 0.323 e. The number of hydrogen-bond donors (Lipinski definition) is 2. The van der Waals surface area contributed by atoms with E-state index < -0.39 is 12.0 Å². The van der Waals surface area contributed by atoms with Crippen molar-refractivity contribution in [1.82, 2.24) is 5.32 Å². The van der Waals surface area contributed by atoms with Crippen molar-refractivity contribution in [2.24, 2.45) is 0 Å². The van der Waals surface area contributed by atoms with Gasteiger partial charge in [0.2, 0.25) is 0 Å². The zero-order valence-corrected chi connectivity index (χ0v) is 5.83. The molecule has 2 N–H and O–H groups in total. The van der Waals surface area contributed by atoms with Gasteiger partial charge in [0, 0.05) is 6.54 Å². The van der Waals surface area contributed by atoms with Gasteiger partial charge in [-0.2, -0.15) is 0 Å². The minimum Gasteiger partial charge on any atom is -0.480 e. The van der Waals surface area contributed by atoms with Crippen LogP contribution >= 0.6 is 0 Å². The van der Waals surface area contributed by atoms with Gasteiger partial charge in [0.1, 0.15) is 6.04 Å². The molecule has 0 radical (unpaired) electrons. The number of carbonyl (C=O) groups is 1. The Morgan fingerprint density at radius 3 is 2.90 bits per heavy atom. The number of aliphatic carboxylic acids is 1. The molecule has 1 saturated heterocycles. The Kier molecular flexibility index (Phi) is 2.24. The molecule has 0 aromatic heterocycles. The summed E-state index contributed by atoms with van der Waals surface area (Å²) in [6.07, 6.45) is 0.135. The Labute approximate surface area is 59.2 Å². The zero-order valence-electron chi connectivity index (χ0n) is 5.83. The average Bonchev–Trinajstić information content (AvgIpc) is 1.88. The number of nitrogens with one attached hydrogen (secondary N) is 1. The summed E-state index contributed by atoms with van der Waals surface area (Å²) in [7, 11) is 0. The van der Waals surface area contributed by atoms with Crippen LogP contribution in [0.1, 0.15) is 6.92 Å². The standard InChI is InChI=1S/C6H11NO3/c1-4-2-7-5(3-10-4)6(8)9/h4-5,7H,2-3H2,1H3,(H,8,9). The fourth-order valence-corrected chi connectivity index (χ4v) is 0.845. The van der Waals surface area contributed by atoms with Gasteiger partial charge in [-0.05, 0) is 6.92 Å². The maximum absolute atomic E-state index is 10.3. The maximum atomic E-state index is 10.3. The van der Waals surface area contributed by atoms with Crippen LogP contribution in [0, 0.1) is 0 Å². The van der Waals surface area contributed by atoms with Crippen LogP contribution in [-0.2, 0) is 9.53 Å². The molecule has 1 rings (SSSR count). The van der Waals surface area contributed by atoms with Crippen LogP contribution in [0.2, 0.25) is 0 Å². The molecule has 2 unspecified atom stereocenters. The molecule has 0 spiro atoms. The quantitative estimate of drug-likeness (QED) is 0.519. The molecular weight excluding hydrogens is 134 g/mol. The molecule has 1 aliphatic rings. The van der Waals surface area contributed by atoms with E-state index in [1.54, 1.807) is 0 Å². The van der Waals surface area contributed by atoms with E-state index in [0.29, 0.717) is 6.54 Å². The fraction of sp³-hybridized carbons (Fsp3) is 0.833. The smallest absolute Gasteiger partial charge is 0.323 e. The molecule has 1 aliphatic heterocycles. The monoisotopic (exact) mass is 145 g/mol. The highest BCUT2D eigenvalue weighted by atomic mass is 16.5. The van der Waals surface area contributed by atoms with E-state index in [1.165, 1.54) is 0 Å². The summed E-state index contributed by atoms with van der Waals surface area (Å²) in [4.78, 5) is 10.3. The minimum absolute atomic E-state index is 0.135. The highest BCUT2D eigenvalue weighted by Crippen LogP contribution is 1.99. The third-order valence-electron chi connectivity index (χ3n) is 1.50. The highest BCUT2D eigenvalue weighted by Gasteiger charge is 2.22. The van der Waals surface area contributed by atoms with Crippen molar-refractivity contribution >= 4 is 5.97 Å². The van der Waals surface area contributed by atoms with Gasteiger partial charge < -0.3 is 9.84 Å². The van der Waals surface area contributed by atoms with E-state index in [0.717, 1.165) is 0 Å². The SMILES string of the molecule is CC1CNC(C(=O)O)CO1. The van der Waals surface area contributed by atoms with Crippen molar-refractivity contribution in [3.63, 3.8) is 0 Å². The number of carboxylic acid groups (broad SMARTS) is 1. The predicted octanol–water partition coefficient (Wildman–Crippen LogP) is -0.552. The van der Waals surface area contributed by atoms with Crippen molar-refractivity contribution in [2.45, 2.75) is 19.1 Å². The lowest BCUT2D eigenvalue weighted by Crippen LogP contribution is -2.49. The molecule has 58 valence electrons. The van der Waals surface area contributed by atoms with E-state index in [4.69, 9.17) is 9.84 Å². The number of hydrogen-bond acceptors (Lipinski definition) is 3. The lowest BCUT2D eigenvalue weighted by atomic mass is 10.2. The van der Waals surface area contributed by atoms with Gasteiger partial charge in [-0.25, -0.2) is 0 Å². The second kappa shape index (κ2) is 2.98. The van der Waals surface area contributed by atoms with Crippen LogP contribution in [0.25, 0.3) is 0 Å².